The lowest BCUT2D eigenvalue weighted by Gasteiger charge is -2.31. The molecule has 2 aliphatic heterocycles. The number of furan rings is 1. The molecule has 3 heterocycles. The third-order valence-electron chi connectivity index (χ3n) is 4.98. The molecule has 9 heteroatoms. The molecule has 32 heavy (non-hydrogen) atoms. The number of para-hydroxylation sites is 1. The molecular weight excluding hydrogens is 484 g/mol. The highest BCUT2D eigenvalue weighted by molar-refractivity contribution is 8.26. The van der Waals surface area contributed by atoms with Gasteiger partial charge in [-0.05, 0) is 42.5 Å². The number of benzene rings is 2. The molecule has 5 nitrogen and oxygen atoms in total. The fourth-order valence-corrected chi connectivity index (χ4v) is 6.00. The summed E-state index contributed by atoms with van der Waals surface area (Å²) in [5.41, 5.74) is 1.55. The summed E-state index contributed by atoms with van der Waals surface area (Å²) in [6.45, 7) is 0.195. The zero-order valence-corrected chi connectivity index (χ0v) is 19.7. The van der Waals surface area contributed by atoms with Crippen LogP contribution in [0.3, 0.4) is 0 Å². The van der Waals surface area contributed by atoms with Crippen LogP contribution >= 0.6 is 47.3 Å². The molecule has 1 aromatic heterocycles. The van der Waals surface area contributed by atoms with Crippen molar-refractivity contribution in [2.24, 2.45) is 0 Å². The first-order chi connectivity index (χ1) is 15.5. The fraction of sp³-hybridized carbons (Fsp3) is 0.0870. The van der Waals surface area contributed by atoms with E-state index in [1.54, 1.807) is 47.2 Å². The number of thiocarbonyl (C=S) groups is 1. The average molecular weight is 499 g/mol. The second kappa shape index (κ2) is 8.78. The van der Waals surface area contributed by atoms with Crippen LogP contribution in [0, 0.1) is 0 Å². The molecule has 160 valence electrons. The number of thioether (sulfide) groups is 1. The summed E-state index contributed by atoms with van der Waals surface area (Å²) in [7, 11) is 0. The Bertz CT molecular complexity index is 1270. The summed E-state index contributed by atoms with van der Waals surface area (Å²) in [4.78, 5) is 31.8. The van der Waals surface area contributed by atoms with Crippen molar-refractivity contribution in [3.8, 4) is 0 Å². The number of rotatable bonds is 4. The predicted octanol–water partition coefficient (Wildman–Crippen LogP) is 6.35. The number of carbonyl (C=O) groups is 2. The number of halogens is 1. The van der Waals surface area contributed by atoms with Crippen LogP contribution in [0.15, 0.2) is 80.0 Å². The Labute approximate surface area is 203 Å². The minimum Gasteiger partial charge on any atom is -0.465 e. The first kappa shape index (κ1) is 21.3. The first-order valence-electron chi connectivity index (χ1n) is 9.69. The molecule has 2 aromatic carbocycles. The highest BCUT2D eigenvalue weighted by Crippen LogP contribution is 2.49. The Morgan fingerprint density at radius 3 is 2.69 bits per heavy atom. The Hall–Kier alpha value is -2.52. The third-order valence-corrected chi connectivity index (χ3v) is 7.72. The maximum absolute atomic E-state index is 13.4. The zero-order chi connectivity index (χ0) is 22.2. The van der Waals surface area contributed by atoms with Gasteiger partial charge in [-0.2, -0.15) is 0 Å². The van der Waals surface area contributed by atoms with Gasteiger partial charge in [0.25, 0.3) is 5.91 Å². The number of nitrogens with zero attached hydrogens (tertiary/aromatic N) is 2. The first-order valence-corrected chi connectivity index (χ1v) is 12.1. The molecule has 1 fully saturated rings. The van der Waals surface area contributed by atoms with E-state index in [1.807, 2.05) is 36.4 Å². The maximum atomic E-state index is 13.4. The van der Waals surface area contributed by atoms with Gasteiger partial charge < -0.3 is 4.42 Å². The average Bonchev–Trinajstić information content (AvgIpc) is 3.38. The fourth-order valence-electron chi connectivity index (χ4n) is 3.51. The summed E-state index contributed by atoms with van der Waals surface area (Å²) in [5, 5.41) is 0.557. The van der Waals surface area contributed by atoms with E-state index in [1.165, 1.54) is 16.7 Å². The minimum atomic E-state index is -0.220. The van der Waals surface area contributed by atoms with Crippen LogP contribution in [0.1, 0.15) is 12.2 Å². The van der Waals surface area contributed by atoms with Crippen molar-refractivity contribution >= 4 is 80.9 Å². The quantitative estimate of drug-likeness (QED) is 0.308. The van der Waals surface area contributed by atoms with Gasteiger partial charge in [0.05, 0.1) is 22.5 Å². The molecule has 0 aliphatic carbocycles. The summed E-state index contributed by atoms with van der Waals surface area (Å²) in [6, 6.07) is 16.8. The van der Waals surface area contributed by atoms with Crippen molar-refractivity contribution < 1.29 is 14.0 Å². The number of hydrogen-bond acceptors (Lipinski definition) is 6. The summed E-state index contributed by atoms with van der Waals surface area (Å²) in [5.74, 6) is 0.227. The molecule has 3 aromatic rings. The molecule has 0 bridgehead atoms. The van der Waals surface area contributed by atoms with Crippen molar-refractivity contribution in [3.63, 3.8) is 0 Å². The van der Waals surface area contributed by atoms with Gasteiger partial charge in [0.15, 0.2) is 0 Å². The maximum Gasteiger partial charge on any atom is 0.266 e. The van der Waals surface area contributed by atoms with E-state index in [4.69, 9.17) is 28.2 Å². The molecule has 0 unspecified atom stereocenters. The van der Waals surface area contributed by atoms with Gasteiger partial charge in [-0.1, -0.05) is 59.5 Å². The van der Waals surface area contributed by atoms with E-state index in [0.717, 1.165) is 21.2 Å². The smallest absolute Gasteiger partial charge is 0.266 e. The van der Waals surface area contributed by atoms with Crippen molar-refractivity contribution in [3.05, 3.63) is 76.5 Å². The Morgan fingerprint density at radius 1 is 1.06 bits per heavy atom. The van der Waals surface area contributed by atoms with Gasteiger partial charge in [0.1, 0.15) is 10.1 Å². The lowest BCUT2D eigenvalue weighted by molar-refractivity contribution is -0.123. The molecule has 0 radical (unpaired) electrons. The van der Waals surface area contributed by atoms with E-state index in [-0.39, 0.29) is 24.8 Å². The van der Waals surface area contributed by atoms with Crippen LogP contribution in [0.2, 0.25) is 5.02 Å². The normalized spacial score (nSPS) is 16.5. The van der Waals surface area contributed by atoms with Gasteiger partial charge in [-0.3, -0.25) is 19.4 Å². The molecule has 2 amide bonds. The molecule has 0 spiro atoms. The minimum absolute atomic E-state index is 0.116. The van der Waals surface area contributed by atoms with Crippen LogP contribution in [0.4, 0.5) is 11.4 Å². The predicted molar refractivity (Wildman–Crippen MR) is 132 cm³/mol. The summed E-state index contributed by atoms with van der Waals surface area (Å²) in [6.07, 6.45) is 3.33. The summed E-state index contributed by atoms with van der Waals surface area (Å²) < 4.78 is 5.72. The van der Waals surface area contributed by atoms with Crippen LogP contribution < -0.4 is 4.90 Å². The lowest BCUT2D eigenvalue weighted by Crippen LogP contribution is -2.35. The SMILES string of the molecule is O=C1/C(=C/c2ccco2)SC(=S)N1CCC(=O)N1c2ccccc2Sc2ccc(Cl)cc21. The largest absolute Gasteiger partial charge is 0.465 e. The molecule has 0 saturated carbocycles. The molecule has 0 atom stereocenters. The van der Waals surface area contributed by atoms with E-state index in [2.05, 4.69) is 0 Å². The van der Waals surface area contributed by atoms with Gasteiger partial charge >= 0.3 is 0 Å². The number of fused-ring (bicyclic) bond motifs is 2. The van der Waals surface area contributed by atoms with Crippen LogP contribution in [-0.4, -0.2) is 27.6 Å². The van der Waals surface area contributed by atoms with E-state index >= 15 is 0 Å². The van der Waals surface area contributed by atoms with E-state index < -0.39 is 0 Å². The third kappa shape index (κ3) is 3.99. The second-order valence-electron chi connectivity index (χ2n) is 7.01. The van der Waals surface area contributed by atoms with E-state index in [0.29, 0.717) is 20.0 Å². The van der Waals surface area contributed by atoms with Crippen LogP contribution in [-0.2, 0) is 9.59 Å². The molecule has 2 aliphatic rings. The van der Waals surface area contributed by atoms with Gasteiger partial charge in [0.2, 0.25) is 5.91 Å². The summed E-state index contributed by atoms with van der Waals surface area (Å²) >= 11 is 14.4. The van der Waals surface area contributed by atoms with Crippen LogP contribution in [0.25, 0.3) is 6.08 Å². The molecule has 1 saturated heterocycles. The van der Waals surface area contributed by atoms with Crippen molar-refractivity contribution in [2.75, 3.05) is 11.4 Å². The standard InChI is InChI=1S/C23H15ClN2O3S3/c24-14-7-8-19-17(12-14)26(16-5-1-2-6-18(16)31-19)21(27)9-10-25-22(28)20(32-23(25)30)13-15-4-3-11-29-15/h1-8,11-13H,9-10H2/b20-13-. The topological polar surface area (TPSA) is 53.8 Å². The molecule has 5 rings (SSSR count). The lowest BCUT2D eigenvalue weighted by atomic mass is 10.2. The van der Waals surface area contributed by atoms with E-state index in [9.17, 15) is 9.59 Å². The second-order valence-corrected chi connectivity index (χ2v) is 10.2. The Balaban J connectivity index is 1.37. The van der Waals surface area contributed by atoms with Crippen molar-refractivity contribution in [2.45, 2.75) is 16.2 Å². The van der Waals surface area contributed by atoms with Gasteiger partial charge in [0, 0.05) is 33.9 Å². The Morgan fingerprint density at radius 2 is 1.88 bits per heavy atom. The zero-order valence-electron chi connectivity index (χ0n) is 16.5. The Kier molecular flexibility index (Phi) is 5.86. The highest BCUT2D eigenvalue weighted by Gasteiger charge is 2.34. The molecule has 0 N–H and O–H groups in total. The number of hydrogen-bond donors (Lipinski definition) is 0. The molecular formula is C23H15ClN2O3S3. The number of carbonyl (C=O) groups excluding carboxylic acids is 2. The number of anilines is 2. The highest BCUT2D eigenvalue weighted by atomic mass is 35.5. The van der Waals surface area contributed by atoms with Crippen LogP contribution in [0.5, 0.6) is 0 Å². The van der Waals surface area contributed by atoms with Crippen molar-refractivity contribution in [1.82, 2.24) is 4.90 Å². The monoisotopic (exact) mass is 498 g/mol. The van der Waals surface area contributed by atoms with Crippen molar-refractivity contribution in [1.29, 1.82) is 0 Å². The number of amides is 2. The van der Waals surface area contributed by atoms with Gasteiger partial charge in [-0.25, -0.2) is 0 Å². The van der Waals surface area contributed by atoms with Gasteiger partial charge in [-0.15, -0.1) is 0 Å².